The quantitative estimate of drug-likeness (QED) is 0.0379. The Morgan fingerprint density at radius 1 is 0.407 bits per heavy atom. The van der Waals surface area contributed by atoms with Crippen molar-refractivity contribution in [1.29, 1.82) is 0 Å². The van der Waals surface area contributed by atoms with E-state index in [0.29, 0.717) is 12.8 Å². The van der Waals surface area contributed by atoms with E-state index in [4.69, 9.17) is 9.47 Å². The fourth-order valence-corrected chi connectivity index (χ4v) is 5.70. The second-order valence-electron chi connectivity index (χ2n) is 14.7. The van der Waals surface area contributed by atoms with Crippen molar-refractivity contribution in [2.45, 2.75) is 180 Å². The minimum atomic E-state index is -0.797. The number of allylic oxidation sites excluding steroid dienone is 22. The van der Waals surface area contributed by atoms with E-state index in [1.165, 1.54) is 19.3 Å². The standard InChI is InChI=1S/C54H84O5/c1-3-5-7-9-11-13-15-16-17-18-19-20-21-22-23-24-25-26-27-28-29-30-31-32-33-34-35-36-37-38-39-41-43-45-47-49-54(57)59-52(50-55)51-58-53(56)48-46-44-42-40-14-12-10-8-6-4-2/h5,7-8,10-11,13,16-17,19-20,22-23,25-26,28-29,31-32,34-35,37-38,52,55H,3-4,6,9,12,14-15,18,21,24,27,30,33,36,39-51H2,1-2H3/b7-5-,10-8-,13-11-,17-16-,20-19-,23-22-,26-25-,29-28-,32-31-,35-34-,38-37-. The summed E-state index contributed by atoms with van der Waals surface area (Å²) in [4.78, 5) is 24.2. The first-order valence-electron chi connectivity index (χ1n) is 23.2. The normalized spacial score (nSPS) is 13.5. The second-order valence-corrected chi connectivity index (χ2v) is 14.7. The third kappa shape index (κ3) is 46.6. The van der Waals surface area contributed by atoms with Crippen molar-refractivity contribution in [2.24, 2.45) is 0 Å². The maximum absolute atomic E-state index is 12.2. The van der Waals surface area contributed by atoms with E-state index in [9.17, 15) is 14.7 Å². The molecule has 1 N–H and O–H groups in total. The SMILES string of the molecule is CC/C=C\C/C=C\C/C=C\C/C=C\C/C=C\C/C=C\C/C=C\C/C=C\C/C=C\C/C=C\CCCCCCC(=O)OC(CO)COC(=O)CCCCCCC/C=C\CCC. The molecule has 5 nitrogen and oxygen atoms in total. The van der Waals surface area contributed by atoms with Gasteiger partial charge in [0.25, 0.3) is 0 Å². The monoisotopic (exact) mass is 813 g/mol. The van der Waals surface area contributed by atoms with Crippen LogP contribution in [0.5, 0.6) is 0 Å². The lowest BCUT2D eigenvalue weighted by atomic mass is 10.1. The zero-order chi connectivity index (χ0) is 42.8. The molecular formula is C54H84O5. The Bertz CT molecular complexity index is 1290. The predicted molar refractivity (Wildman–Crippen MR) is 255 cm³/mol. The minimum absolute atomic E-state index is 0.0895. The highest BCUT2D eigenvalue weighted by Gasteiger charge is 2.16. The van der Waals surface area contributed by atoms with Crippen LogP contribution in [0.3, 0.4) is 0 Å². The van der Waals surface area contributed by atoms with Gasteiger partial charge >= 0.3 is 11.9 Å². The number of ether oxygens (including phenoxy) is 2. The van der Waals surface area contributed by atoms with Gasteiger partial charge < -0.3 is 14.6 Å². The molecule has 0 aromatic heterocycles. The largest absolute Gasteiger partial charge is 0.462 e. The van der Waals surface area contributed by atoms with E-state index in [1.807, 2.05) is 0 Å². The number of carbonyl (C=O) groups is 2. The minimum Gasteiger partial charge on any atom is -0.462 e. The van der Waals surface area contributed by atoms with E-state index < -0.39 is 6.10 Å². The van der Waals surface area contributed by atoms with Crippen LogP contribution >= 0.6 is 0 Å². The lowest BCUT2D eigenvalue weighted by molar-refractivity contribution is -0.161. The zero-order valence-corrected chi connectivity index (χ0v) is 37.5. The van der Waals surface area contributed by atoms with Crippen LogP contribution in [-0.2, 0) is 19.1 Å². The Labute approximate surface area is 362 Å². The van der Waals surface area contributed by atoms with Gasteiger partial charge in [0.2, 0.25) is 0 Å². The van der Waals surface area contributed by atoms with E-state index in [1.54, 1.807) is 0 Å². The lowest BCUT2D eigenvalue weighted by Crippen LogP contribution is -2.28. The average Bonchev–Trinajstić information content (AvgIpc) is 3.24. The Kier molecular flexibility index (Phi) is 45.2. The molecule has 0 heterocycles. The van der Waals surface area contributed by atoms with Gasteiger partial charge in [-0.1, -0.05) is 186 Å². The molecule has 0 fully saturated rings. The van der Waals surface area contributed by atoms with Gasteiger partial charge in [-0.25, -0.2) is 0 Å². The van der Waals surface area contributed by atoms with Crippen molar-refractivity contribution >= 4 is 11.9 Å². The highest BCUT2D eigenvalue weighted by Crippen LogP contribution is 2.11. The molecule has 59 heavy (non-hydrogen) atoms. The molecule has 0 aromatic rings. The molecule has 0 aliphatic rings. The molecule has 1 unspecified atom stereocenters. The van der Waals surface area contributed by atoms with E-state index in [-0.39, 0.29) is 25.2 Å². The maximum atomic E-state index is 12.2. The summed E-state index contributed by atoms with van der Waals surface area (Å²) in [5, 5.41) is 9.56. The first-order valence-corrected chi connectivity index (χ1v) is 23.2. The summed E-state index contributed by atoms with van der Waals surface area (Å²) in [6.07, 6.45) is 72.5. The number of carbonyl (C=O) groups excluding carboxylic acids is 2. The van der Waals surface area contributed by atoms with Crippen molar-refractivity contribution in [3.05, 3.63) is 134 Å². The topological polar surface area (TPSA) is 72.8 Å². The number of hydrogen-bond donors (Lipinski definition) is 1. The molecule has 0 amide bonds. The highest BCUT2D eigenvalue weighted by molar-refractivity contribution is 5.70. The summed E-state index contributed by atoms with van der Waals surface area (Å²) < 4.78 is 10.6. The molecule has 0 radical (unpaired) electrons. The van der Waals surface area contributed by atoms with Crippen LogP contribution in [0.25, 0.3) is 0 Å². The number of esters is 2. The average molecular weight is 813 g/mol. The van der Waals surface area contributed by atoms with Gasteiger partial charge in [-0.15, -0.1) is 0 Å². The molecule has 0 bridgehead atoms. The Balaban J connectivity index is 3.69. The van der Waals surface area contributed by atoms with Gasteiger partial charge in [0.05, 0.1) is 6.61 Å². The molecule has 0 rings (SSSR count). The van der Waals surface area contributed by atoms with Crippen LogP contribution in [0.15, 0.2) is 134 Å². The first kappa shape index (κ1) is 55.0. The summed E-state index contributed by atoms with van der Waals surface area (Å²) in [5.41, 5.74) is 0. The van der Waals surface area contributed by atoms with Gasteiger partial charge in [-0.05, 0) is 109 Å². The molecular weight excluding hydrogens is 729 g/mol. The van der Waals surface area contributed by atoms with Crippen molar-refractivity contribution in [2.75, 3.05) is 13.2 Å². The third-order valence-corrected chi connectivity index (χ3v) is 9.16. The van der Waals surface area contributed by atoms with Crippen LogP contribution in [0.4, 0.5) is 0 Å². The summed E-state index contributed by atoms with van der Waals surface area (Å²) in [7, 11) is 0. The smallest absolute Gasteiger partial charge is 0.306 e. The van der Waals surface area contributed by atoms with Crippen molar-refractivity contribution in [3.8, 4) is 0 Å². The van der Waals surface area contributed by atoms with Crippen molar-refractivity contribution in [1.82, 2.24) is 0 Å². The number of aliphatic hydroxyl groups excluding tert-OH is 1. The van der Waals surface area contributed by atoms with Crippen LogP contribution in [0, 0.1) is 0 Å². The highest BCUT2D eigenvalue weighted by atomic mass is 16.6. The summed E-state index contributed by atoms with van der Waals surface area (Å²) >= 11 is 0. The fourth-order valence-electron chi connectivity index (χ4n) is 5.70. The first-order chi connectivity index (χ1) is 29.1. The van der Waals surface area contributed by atoms with Gasteiger partial charge in [0.1, 0.15) is 6.61 Å². The van der Waals surface area contributed by atoms with Gasteiger partial charge in [0.15, 0.2) is 6.10 Å². The van der Waals surface area contributed by atoms with Crippen LogP contribution in [0.1, 0.15) is 174 Å². The van der Waals surface area contributed by atoms with Crippen LogP contribution < -0.4 is 0 Å². The van der Waals surface area contributed by atoms with Gasteiger partial charge in [-0.2, -0.15) is 0 Å². The van der Waals surface area contributed by atoms with E-state index >= 15 is 0 Å². The molecule has 0 aromatic carbocycles. The number of aliphatic hydroxyl groups is 1. The Morgan fingerprint density at radius 2 is 0.729 bits per heavy atom. The fraction of sp³-hybridized carbons (Fsp3) is 0.556. The van der Waals surface area contributed by atoms with Gasteiger partial charge in [0, 0.05) is 12.8 Å². The van der Waals surface area contributed by atoms with Crippen LogP contribution in [-0.4, -0.2) is 36.4 Å². The molecule has 0 saturated heterocycles. The molecule has 1 atom stereocenters. The summed E-state index contributed by atoms with van der Waals surface area (Å²) in [6, 6.07) is 0. The lowest BCUT2D eigenvalue weighted by Gasteiger charge is -2.15. The van der Waals surface area contributed by atoms with E-state index in [0.717, 1.165) is 128 Å². The van der Waals surface area contributed by atoms with Crippen molar-refractivity contribution < 1.29 is 24.2 Å². The molecule has 5 heteroatoms. The number of unbranched alkanes of at least 4 members (excludes halogenated alkanes) is 10. The van der Waals surface area contributed by atoms with Crippen molar-refractivity contribution in [3.63, 3.8) is 0 Å². The molecule has 0 saturated carbocycles. The summed E-state index contributed by atoms with van der Waals surface area (Å²) in [5.74, 6) is -0.646. The number of hydrogen-bond acceptors (Lipinski definition) is 5. The molecule has 0 aliphatic carbocycles. The van der Waals surface area contributed by atoms with Crippen LogP contribution in [0.2, 0.25) is 0 Å². The zero-order valence-electron chi connectivity index (χ0n) is 37.5. The molecule has 0 aliphatic heterocycles. The van der Waals surface area contributed by atoms with E-state index in [2.05, 4.69) is 148 Å². The third-order valence-electron chi connectivity index (χ3n) is 9.16. The van der Waals surface area contributed by atoms with Gasteiger partial charge in [-0.3, -0.25) is 9.59 Å². The maximum Gasteiger partial charge on any atom is 0.306 e. The molecule has 330 valence electrons. The second kappa shape index (κ2) is 48.4. The molecule has 0 spiro atoms. The Hall–Kier alpha value is -3.96. The Morgan fingerprint density at radius 3 is 1.12 bits per heavy atom. The predicted octanol–water partition coefficient (Wildman–Crippen LogP) is 15.3. The summed E-state index contributed by atoms with van der Waals surface area (Å²) in [6.45, 7) is 3.90. The number of rotatable bonds is 40.